The van der Waals surface area contributed by atoms with Crippen LogP contribution >= 0.6 is 0 Å². The zero-order valence-electron chi connectivity index (χ0n) is 16.6. The van der Waals surface area contributed by atoms with Crippen molar-refractivity contribution in [2.75, 3.05) is 13.1 Å². The second kappa shape index (κ2) is 8.08. The maximum atomic E-state index is 12.8. The molecule has 3 N–H and O–H groups in total. The van der Waals surface area contributed by atoms with Gasteiger partial charge in [-0.2, -0.15) is 0 Å². The summed E-state index contributed by atoms with van der Waals surface area (Å²) in [7, 11) is 0. The van der Waals surface area contributed by atoms with Gasteiger partial charge in [0.2, 0.25) is 11.8 Å². The van der Waals surface area contributed by atoms with Crippen molar-refractivity contribution in [3.8, 4) is 0 Å². The second-order valence-electron chi connectivity index (χ2n) is 8.30. The largest absolute Gasteiger partial charge is 0.322 e. The molecule has 2 saturated heterocycles. The smallest absolute Gasteiger partial charge is 0.255 e. The number of carbonyl (C=O) groups is 3. The summed E-state index contributed by atoms with van der Waals surface area (Å²) in [4.78, 5) is 38.0. The molecule has 0 radical (unpaired) electrons. The van der Waals surface area contributed by atoms with E-state index < -0.39 is 6.04 Å². The van der Waals surface area contributed by atoms with Gasteiger partial charge in [-0.3, -0.25) is 19.7 Å². The summed E-state index contributed by atoms with van der Waals surface area (Å²) >= 11 is 0. The van der Waals surface area contributed by atoms with Crippen LogP contribution in [-0.2, 0) is 22.7 Å². The molecule has 0 spiro atoms. The third kappa shape index (κ3) is 3.97. The highest BCUT2D eigenvalue weighted by Gasteiger charge is 2.39. The van der Waals surface area contributed by atoms with Gasteiger partial charge in [0.15, 0.2) is 0 Å². The topological polar surface area (TPSA) is 90.5 Å². The van der Waals surface area contributed by atoms with Crippen molar-refractivity contribution >= 4 is 17.7 Å². The summed E-state index contributed by atoms with van der Waals surface area (Å²) in [5.74, 6) is -0.775. The average molecular weight is 396 g/mol. The molecule has 1 aromatic carbocycles. The van der Waals surface area contributed by atoms with E-state index in [9.17, 15) is 14.4 Å². The van der Waals surface area contributed by atoms with Crippen molar-refractivity contribution in [2.45, 2.75) is 56.8 Å². The third-order valence-electron chi connectivity index (χ3n) is 6.26. The predicted molar refractivity (Wildman–Crippen MR) is 109 cm³/mol. The molecule has 0 bridgehead atoms. The Morgan fingerprint density at radius 2 is 2.17 bits per heavy atom. The Bertz CT molecular complexity index is 844. The Hall–Kier alpha value is -2.51. The van der Waals surface area contributed by atoms with Gasteiger partial charge >= 0.3 is 0 Å². The maximum Gasteiger partial charge on any atom is 0.255 e. The Balaban J connectivity index is 1.45. The molecule has 0 aromatic heterocycles. The van der Waals surface area contributed by atoms with E-state index >= 15 is 0 Å². The van der Waals surface area contributed by atoms with Crippen LogP contribution in [0.5, 0.6) is 0 Å². The zero-order chi connectivity index (χ0) is 20.4. The second-order valence-corrected chi connectivity index (χ2v) is 8.30. The van der Waals surface area contributed by atoms with E-state index in [1.54, 1.807) is 4.90 Å². The molecule has 2 atom stereocenters. The summed E-state index contributed by atoms with van der Waals surface area (Å²) in [5.41, 5.74) is 2.74. The van der Waals surface area contributed by atoms with Gasteiger partial charge in [0, 0.05) is 37.2 Å². The van der Waals surface area contributed by atoms with E-state index in [4.69, 9.17) is 0 Å². The Labute approximate surface area is 170 Å². The number of nitrogens with zero attached hydrogens (tertiary/aromatic N) is 1. The highest BCUT2D eigenvalue weighted by Crippen LogP contribution is 2.29. The van der Waals surface area contributed by atoms with Gasteiger partial charge in [-0.15, -0.1) is 6.58 Å². The van der Waals surface area contributed by atoms with E-state index in [1.807, 2.05) is 18.2 Å². The maximum absolute atomic E-state index is 12.8. The first kappa shape index (κ1) is 19.8. The molecule has 2 unspecified atom stereocenters. The molecule has 3 aliphatic rings. The molecule has 3 amide bonds. The lowest BCUT2D eigenvalue weighted by atomic mass is 9.86. The van der Waals surface area contributed by atoms with Crippen LogP contribution in [0.3, 0.4) is 0 Å². The lowest BCUT2D eigenvalue weighted by molar-refractivity contribution is -0.136. The molecule has 3 heterocycles. The molecular weight excluding hydrogens is 368 g/mol. The van der Waals surface area contributed by atoms with Crippen LogP contribution in [0, 0.1) is 0 Å². The van der Waals surface area contributed by atoms with Crippen LogP contribution in [0.15, 0.2) is 30.9 Å². The molecule has 4 rings (SSSR count). The van der Waals surface area contributed by atoms with Crippen LogP contribution < -0.4 is 16.0 Å². The Kier molecular flexibility index (Phi) is 5.52. The number of hydrogen-bond acceptors (Lipinski definition) is 5. The minimum absolute atomic E-state index is 0.0214. The SMILES string of the molecule is C=CCC1(NCc2ccc3c(c2)CN(C2CCC(=O)NC2=O)C3=O)CCCNC1. The summed E-state index contributed by atoms with van der Waals surface area (Å²) in [6, 6.07) is 5.33. The molecule has 7 heteroatoms. The lowest BCUT2D eigenvalue weighted by Crippen LogP contribution is -2.55. The number of imide groups is 1. The monoisotopic (exact) mass is 396 g/mol. The standard InChI is InChI=1S/C22H28N4O3/c1-2-8-22(9-3-10-23-14-22)24-12-15-4-5-17-16(11-15)13-26(21(17)29)18-6-7-19(27)25-20(18)28/h2,4-5,11,18,23-24H,1,3,6-10,12-14H2,(H,25,27,28). The third-order valence-corrected chi connectivity index (χ3v) is 6.26. The minimum Gasteiger partial charge on any atom is -0.322 e. The first-order valence-electron chi connectivity index (χ1n) is 10.3. The summed E-state index contributed by atoms with van der Waals surface area (Å²) in [5, 5.41) is 9.52. The number of rotatable bonds is 6. The van der Waals surface area contributed by atoms with Gasteiger partial charge in [0.05, 0.1) is 0 Å². The van der Waals surface area contributed by atoms with Crippen LogP contribution in [0.2, 0.25) is 0 Å². The van der Waals surface area contributed by atoms with E-state index in [0.29, 0.717) is 18.5 Å². The molecule has 0 saturated carbocycles. The summed E-state index contributed by atoms with van der Waals surface area (Å²) in [6.07, 6.45) is 5.78. The fraction of sp³-hybridized carbons (Fsp3) is 0.500. The fourth-order valence-electron chi connectivity index (χ4n) is 4.67. The minimum atomic E-state index is -0.571. The van der Waals surface area contributed by atoms with Crippen molar-refractivity contribution in [3.63, 3.8) is 0 Å². The van der Waals surface area contributed by atoms with Gasteiger partial charge < -0.3 is 15.5 Å². The molecular formula is C22H28N4O3. The number of benzene rings is 1. The molecule has 7 nitrogen and oxygen atoms in total. The zero-order valence-corrected chi connectivity index (χ0v) is 16.6. The lowest BCUT2D eigenvalue weighted by Gasteiger charge is -2.38. The van der Waals surface area contributed by atoms with E-state index in [0.717, 1.165) is 50.0 Å². The van der Waals surface area contributed by atoms with Crippen molar-refractivity contribution < 1.29 is 14.4 Å². The van der Waals surface area contributed by atoms with E-state index in [-0.39, 0.29) is 29.7 Å². The van der Waals surface area contributed by atoms with E-state index in [1.165, 1.54) is 0 Å². The van der Waals surface area contributed by atoms with Crippen molar-refractivity contribution in [3.05, 3.63) is 47.5 Å². The number of hydrogen-bond donors (Lipinski definition) is 3. The molecule has 3 aliphatic heterocycles. The first-order valence-corrected chi connectivity index (χ1v) is 10.3. The van der Waals surface area contributed by atoms with Crippen molar-refractivity contribution in [1.29, 1.82) is 0 Å². The van der Waals surface area contributed by atoms with E-state index in [2.05, 4.69) is 28.6 Å². The van der Waals surface area contributed by atoms with Gasteiger partial charge in [-0.05, 0) is 49.4 Å². The van der Waals surface area contributed by atoms with Gasteiger partial charge in [0.1, 0.15) is 6.04 Å². The normalized spacial score (nSPS) is 27.0. The summed E-state index contributed by atoms with van der Waals surface area (Å²) < 4.78 is 0. The first-order chi connectivity index (χ1) is 14.0. The molecule has 1 aromatic rings. The van der Waals surface area contributed by atoms with Crippen LogP contribution in [0.25, 0.3) is 0 Å². The molecule has 154 valence electrons. The fourth-order valence-corrected chi connectivity index (χ4v) is 4.67. The van der Waals surface area contributed by atoms with Crippen molar-refractivity contribution in [1.82, 2.24) is 20.9 Å². The number of carbonyl (C=O) groups excluding carboxylic acids is 3. The quantitative estimate of drug-likeness (QED) is 0.497. The molecule has 2 fully saturated rings. The number of amides is 3. The number of nitrogens with one attached hydrogen (secondary N) is 3. The summed E-state index contributed by atoms with van der Waals surface area (Å²) in [6.45, 7) is 7.01. The van der Waals surface area contributed by atoms with Crippen LogP contribution in [0.4, 0.5) is 0 Å². The van der Waals surface area contributed by atoms with Gasteiger partial charge in [-0.25, -0.2) is 0 Å². The predicted octanol–water partition coefficient (Wildman–Crippen LogP) is 1.24. The average Bonchev–Trinajstić information content (AvgIpc) is 3.03. The Morgan fingerprint density at radius 3 is 2.90 bits per heavy atom. The van der Waals surface area contributed by atoms with Crippen LogP contribution in [-0.4, -0.2) is 47.3 Å². The van der Waals surface area contributed by atoms with Gasteiger partial charge in [0.25, 0.3) is 5.91 Å². The Morgan fingerprint density at radius 1 is 1.31 bits per heavy atom. The van der Waals surface area contributed by atoms with Gasteiger partial charge in [-0.1, -0.05) is 18.2 Å². The molecule has 29 heavy (non-hydrogen) atoms. The number of fused-ring (bicyclic) bond motifs is 1. The molecule has 0 aliphatic carbocycles. The highest BCUT2D eigenvalue weighted by molar-refractivity contribution is 6.05. The highest BCUT2D eigenvalue weighted by atomic mass is 16.2. The number of piperidine rings is 2. The van der Waals surface area contributed by atoms with Crippen molar-refractivity contribution in [2.24, 2.45) is 0 Å². The van der Waals surface area contributed by atoms with Crippen LogP contribution in [0.1, 0.15) is 53.6 Å².